The largest absolute Gasteiger partial charge is 0.425 e. The number of aliphatic hydroxyl groups excluding tert-OH is 1. The number of benzene rings is 1. The fraction of sp³-hybridized carbons (Fsp3) is 0.250. The van der Waals surface area contributed by atoms with E-state index in [1.807, 2.05) is 0 Å². The maximum atomic E-state index is 13.1. The van der Waals surface area contributed by atoms with Crippen LogP contribution in [0.15, 0.2) is 53.5 Å². The molecule has 3 heterocycles. The van der Waals surface area contributed by atoms with Crippen LogP contribution in [0.1, 0.15) is 15.3 Å². The predicted octanol–water partition coefficient (Wildman–Crippen LogP) is 3.17. The van der Waals surface area contributed by atoms with Crippen molar-refractivity contribution in [1.82, 2.24) is 14.8 Å². The van der Waals surface area contributed by atoms with E-state index in [1.165, 1.54) is 24.4 Å². The molecule has 1 aliphatic rings. The second kappa shape index (κ2) is 8.23. The minimum Gasteiger partial charge on any atom is -0.387 e. The van der Waals surface area contributed by atoms with Crippen molar-refractivity contribution in [1.29, 1.82) is 0 Å². The lowest BCUT2D eigenvalue weighted by Gasteiger charge is -2.31. The first-order valence-corrected chi connectivity index (χ1v) is 10.0. The van der Waals surface area contributed by atoms with Crippen LogP contribution >= 0.6 is 11.3 Å². The van der Waals surface area contributed by atoms with Crippen LogP contribution < -0.4 is 10.6 Å². The first-order valence-electron chi connectivity index (χ1n) is 9.20. The van der Waals surface area contributed by atoms with Crippen molar-refractivity contribution >= 4 is 22.7 Å². The Labute approximate surface area is 177 Å². The minimum atomic E-state index is -4.43. The summed E-state index contributed by atoms with van der Waals surface area (Å²) in [4.78, 5) is 17.5. The van der Waals surface area contributed by atoms with Gasteiger partial charge in [0.1, 0.15) is 10.7 Å². The van der Waals surface area contributed by atoms with Gasteiger partial charge in [0.2, 0.25) is 0 Å². The van der Waals surface area contributed by atoms with Gasteiger partial charge in [-0.05, 0) is 35.4 Å². The molecule has 0 radical (unpaired) electrons. The molecule has 6 nitrogen and oxygen atoms in total. The van der Waals surface area contributed by atoms with Crippen LogP contribution in [0.3, 0.4) is 0 Å². The summed E-state index contributed by atoms with van der Waals surface area (Å²) >= 11 is 0.548. The molecule has 0 spiro atoms. The van der Waals surface area contributed by atoms with E-state index in [1.54, 1.807) is 23.1 Å². The zero-order valence-corrected chi connectivity index (χ0v) is 16.7. The van der Waals surface area contributed by atoms with Crippen LogP contribution in [0.25, 0.3) is 5.57 Å². The van der Waals surface area contributed by atoms with Crippen molar-refractivity contribution in [3.63, 3.8) is 0 Å². The van der Waals surface area contributed by atoms with Crippen LogP contribution in [0.5, 0.6) is 0 Å². The molecule has 0 aliphatic carbocycles. The van der Waals surface area contributed by atoms with E-state index in [9.17, 15) is 27.5 Å². The molecule has 1 atom stereocenters. The van der Waals surface area contributed by atoms with Gasteiger partial charge in [0.25, 0.3) is 0 Å². The standard InChI is InChI=1S/C20H16F4N4O2S/c21-13-3-1-12(2-4-13)15-7-8-27(11-16(15)29)18-9-25-28(19(30)26-18)10-14-5-6-17(31-14)20(22,23)24/h1-7,9,16,29H,8,10-11H2. The lowest BCUT2D eigenvalue weighted by Crippen LogP contribution is -2.39. The SMILES string of the molecule is O=c1nc(N2CC=C(c3ccc(F)cc3)C(O)C2)cnn1Cc1ccc(C(F)(F)F)s1. The van der Waals surface area contributed by atoms with Gasteiger partial charge in [-0.15, -0.1) is 11.3 Å². The Bertz CT molecular complexity index is 1170. The lowest BCUT2D eigenvalue weighted by molar-refractivity contribution is -0.134. The lowest BCUT2D eigenvalue weighted by atomic mass is 9.97. The average molecular weight is 452 g/mol. The maximum Gasteiger partial charge on any atom is 0.425 e. The van der Waals surface area contributed by atoms with E-state index in [4.69, 9.17) is 0 Å². The van der Waals surface area contributed by atoms with Crippen LogP contribution in [0, 0.1) is 5.82 Å². The number of thiophene rings is 1. The predicted molar refractivity (Wildman–Crippen MR) is 107 cm³/mol. The molecule has 0 saturated carbocycles. The molecule has 1 aliphatic heterocycles. The van der Waals surface area contributed by atoms with Gasteiger partial charge in [-0.25, -0.2) is 13.9 Å². The van der Waals surface area contributed by atoms with E-state index in [-0.39, 0.29) is 24.7 Å². The Hall–Kier alpha value is -3.05. The van der Waals surface area contributed by atoms with Crippen molar-refractivity contribution in [3.05, 3.63) is 80.3 Å². The van der Waals surface area contributed by atoms with Gasteiger partial charge in [-0.1, -0.05) is 18.2 Å². The maximum absolute atomic E-state index is 13.1. The number of hydrogen-bond donors (Lipinski definition) is 1. The number of nitrogens with zero attached hydrogens (tertiary/aromatic N) is 4. The smallest absolute Gasteiger partial charge is 0.387 e. The summed E-state index contributed by atoms with van der Waals surface area (Å²) in [5.74, 6) is -0.124. The molecule has 0 fully saturated rings. The highest BCUT2D eigenvalue weighted by molar-refractivity contribution is 7.12. The van der Waals surface area contributed by atoms with E-state index in [0.29, 0.717) is 33.9 Å². The summed E-state index contributed by atoms with van der Waals surface area (Å²) in [5.41, 5.74) is 0.641. The number of rotatable bonds is 4. The summed E-state index contributed by atoms with van der Waals surface area (Å²) in [6.45, 7) is 0.382. The van der Waals surface area contributed by atoms with Gasteiger partial charge >= 0.3 is 11.9 Å². The average Bonchev–Trinajstić information content (AvgIpc) is 3.19. The van der Waals surface area contributed by atoms with Gasteiger partial charge < -0.3 is 10.0 Å². The minimum absolute atomic E-state index is 0.121. The summed E-state index contributed by atoms with van der Waals surface area (Å²) in [5, 5.41) is 14.5. The van der Waals surface area contributed by atoms with Crippen LogP contribution in [0.2, 0.25) is 0 Å². The first kappa shape index (κ1) is 21.2. The molecular weight excluding hydrogens is 436 g/mol. The Kier molecular flexibility index (Phi) is 5.63. The zero-order chi connectivity index (χ0) is 22.2. The number of aromatic nitrogens is 3. The summed E-state index contributed by atoms with van der Waals surface area (Å²) < 4.78 is 52.3. The van der Waals surface area contributed by atoms with Crippen molar-refractivity contribution in [2.24, 2.45) is 0 Å². The highest BCUT2D eigenvalue weighted by atomic mass is 32.1. The quantitative estimate of drug-likeness (QED) is 0.616. The second-order valence-corrected chi connectivity index (χ2v) is 8.07. The molecule has 0 saturated heterocycles. The second-order valence-electron chi connectivity index (χ2n) is 6.91. The summed E-state index contributed by atoms with van der Waals surface area (Å²) in [6.07, 6.45) is -2.21. The fourth-order valence-corrected chi connectivity index (χ4v) is 4.10. The number of hydrogen-bond acceptors (Lipinski definition) is 6. The first-order chi connectivity index (χ1) is 14.7. The van der Waals surface area contributed by atoms with Crippen LogP contribution in [0.4, 0.5) is 23.4 Å². The zero-order valence-electron chi connectivity index (χ0n) is 15.9. The number of alkyl halides is 3. The number of β-amino-alcohol motifs (C(OH)–C–C–N with tert-alkyl or cyclic N) is 1. The van der Waals surface area contributed by atoms with E-state index < -0.39 is 22.8 Å². The monoisotopic (exact) mass is 452 g/mol. The Morgan fingerprint density at radius 1 is 1.16 bits per heavy atom. The third-order valence-electron chi connectivity index (χ3n) is 4.78. The third kappa shape index (κ3) is 4.67. The Morgan fingerprint density at radius 2 is 1.90 bits per heavy atom. The molecule has 4 rings (SSSR count). The fourth-order valence-electron chi connectivity index (χ4n) is 3.24. The normalized spacial score (nSPS) is 17.0. The molecule has 1 aromatic carbocycles. The summed E-state index contributed by atoms with van der Waals surface area (Å²) in [6, 6.07) is 8.05. The summed E-state index contributed by atoms with van der Waals surface area (Å²) in [7, 11) is 0. The van der Waals surface area contributed by atoms with E-state index in [0.717, 1.165) is 10.7 Å². The molecule has 31 heavy (non-hydrogen) atoms. The Morgan fingerprint density at radius 3 is 2.52 bits per heavy atom. The molecule has 11 heteroatoms. The highest BCUT2D eigenvalue weighted by Crippen LogP contribution is 2.34. The molecule has 0 bridgehead atoms. The van der Waals surface area contributed by atoms with Gasteiger partial charge in [0.15, 0.2) is 5.82 Å². The van der Waals surface area contributed by atoms with Gasteiger partial charge in [0, 0.05) is 18.0 Å². The molecular formula is C20H16F4N4O2S. The van der Waals surface area contributed by atoms with Gasteiger partial charge in [-0.3, -0.25) is 0 Å². The number of anilines is 1. The number of halogens is 4. The number of aliphatic hydroxyl groups is 1. The molecule has 162 valence electrons. The topological polar surface area (TPSA) is 71.2 Å². The van der Waals surface area contributed by atoms with Crippen molar-refractivity contribution < 1.29 is 22.7 Å². The Balaban J connectivity index is 1.49. The van der Waals surface area contributed by atoms with Crippen molar-refractivity contribution in [2.45, 2.75) is 18.8 Å². The van der Waals surface area contributed by atoms with E-state index >= 15 is 0 Å². The van der Waals surface area contributed by atoms with Gasteiger partial charge in [-0.2, -0.15) is 23.3 Å². The molecule has 3 aromatic rings. The third-order valence-corrected chi connectivity index (χ3v) is 5.89. The molecule has 1 N–H and O–H groups in total. The highest BCUT2D eigenvalue weighted by Gasteiger charge is 2.32. The molecule has 1 unspecified atom stereocenters. The van der Waals surface area contributed by atoms with Crippen LogP contribution in [-0.4, -0.2) is 39.1 Å². The molecule has 0 amide bonds. The molecule has 2 aromatic heterocycles. The van der Waals surface area contributed by atoms with Crippen molar-refractivity contribution in [3.8, 4) is 0 Å². The van der Waals surface area contributed by atoms with Crippen LogP contribution in [-0.2, 0) is 12.7 Å². The van der Waals surface area contributed by atoms with Gasteiger partial charge in [0.05, 0.1) is 18.8 Å². The van der Waals surface area contributed by atoms with E-state index in [2.05, 4.69) is 10.1 Å². The van der Waals surface area contributed by atoms with Crippen molar-refractivity contribution in [2.75, 3.05) is 18.0 Å².